The van der Waals surface area contributed by atoms with Crippen LogP contribution in [0, 0.1) is 6.92 Å². The van der Waals surface area contributed by atoms with E-state index < -0.39 is 12.2 Å². The average Bonchev–Trinajstić information content (AvgIpc) is 2.68. The van der Waals surface area contributed by atoms with Gasteiger partial charge in [-0.3, -0.25) is 9.78 Å². The van der Waals surface area contributed by atoms with E-state index in [-0.39, 0.29) is 18.9 Å². The lowest BCUT2D eigenvalue weighted by atomic mass is 10.2. The van der Waals surface area contributed by atoms with Gasteiger partial charge in [0.15, 0.2) is 0 Å². The van der Waals surface area contributed by atoms with Crippen molar-refractivity contribution in [1.82, 2.24) is 10.3 Å². The lowest BCUT2D eigenvalue weighted by Crippen LogP contribution is -2.35. The summed E-state index contributed by atoms with van der Waals surface area (Å²) >= 11 is 0. The number of aromatic nitrogens is 1. The molecule has 0 radical (unpaired) electrons. The van der Waals surface area contributed by atoms with Gasteiger partial charge < -0.3 is 10.6 Å². The van der Waals surface area contributed by atoms with Crippen LogP contribution in [0.1, 0.15) is 12.0 Å². The third-order valence-corrected chi connectivity index (χ3v) is 2.67. The van der Waals surface area contributed by atoms with Crippen LogP contribution >= 0.6 is 0 Å². The number of hydrogen-bond donors (Lipinski definition) is 2. The topological polar surface area (TPSA) is 54.0 Å². The third kappa shape index (κ3) is 2.36. The fourth-order valence-corrected chi connectivity index (χ4v) is 1.73. The van der Waals surface area contributed by atoms with Gasteiger partial charge in [0.25, 0.3) is 0 Å². The van der Waals surface area contributed by atoms with E-state index in [1.165, 1.54) is 0 Å². The molecule has 1 aliphatic heterocycles. The number of halogens is 1. The second-order valence-corrected chi connectivity index (χ2v) is 3.97. The summed E-state index contributed by atoms with van der Waals surface area (Å²) in [6, 6.07) is 1.30. The monoisotopic (exact) mass is 223 g/mol. The van der Waals surface area contributed by atoms with Gasteiger partial charge in [-0.2, -0.15) is 0 Å². The van der Waals surface area contributed by atoms with E-state index in [1.54, 1.807) is 18.5 Å². The van der Waals surface area contributed by atoms with Gasteiger partial charge in [-0.15, -0.1) is 0 Å². The van der Waals surface area contributed by atoms with Crippen LogP contribution in [-0.4, -0.2) is 29.6 Å². The van der Waals surface area contributed by atoms with Crippen LogP contribution in [0.2, 0.25) is 0 Å². The predicted molar refractivity (Wildman–Crippen MR) is 58.9 cm³/mol. The summed E-state index contributed by atoms with van der Waals surface area (Å²) in [4.78, 5) is 15.7. The first-order chi connectivity index (χ1) is 7.66. The van der Waals surface area contributed by atoms with Crippen molar-refractivity contribution in [2.75, 3.05) is 11.9 Å². The highest BCUT2D eigenvalue weighted by Gasteiger charge is 2.29. The Morgan fingerprint density at radius 1 is 1.69 bits per heavy atom. The zero-order valence-corrected chi connectivity index (χ0v) is 9.03. The van der Waals surface area contributed by atoms with Crippen molar-refractivity contribution in [3.8, 4) is 0 Å². The second kappa shape index (κ2) is 4.57. The number of rotatable bonds is 2. The molecule has 86 valence electrons. The molecule has 0 aromatic carbocycles. The van der Waals surface area contributed by atoms with E-state index in [1.807, 2.05) is 6.92 Å². The van der Waals surface area contributed by atoms with Crippen LogP contribution in [0.3, 0.4) is 0 Å². The summed E-state index contributed by atoms with van der Waals surface area (Å²) in [5.41, 5.74) is 1.62. The van der Waals surface area contributed by atoms with Crippen LogP contribution in [0.15, 0.2) is 18.5 Å². The predicted octanol–water partition coefficient (Wildman–Crippen LogP) is 1.03. The molecule has 5 heteroatoms. The van der Waals surface area contributed by atoms with Crippen LogP contribution in [0.5, 0.6) is 0 Å². The summed E-state index contributed by atoms with van der Waals surface area (Å²) in [5, 5.41) is 5.61. The Kier molecular flexibility index (Phi) is 3.14. The van der Waals surface area contributed by atoms with Crippen molar-refractivity contribution in [1.29, 1.82) is 0 Å². The Bertz CT molecular complexity index is 397. The zero-order chi connectivity index (χ0) is 11.5. The summed E-state index contributed by atoms with van der Waals surface area (Å²) in [7, 11) is 0. The highest BCUT2D eigenvalue weighted by atomic mass is 19.1. The number of alkyl halides is 1. The fourth-order valence-electron chi connectivity index (χ4n) is 1.73. The Morgan fingerprint density at radius 2 is 2.50 bits per heavy atom. The summed E-state index contributed by atoms with van der Waals surface area (Å²) in [6.45, 7) is 2.12. The quantitative estimate of drug-likeness (QED) is 0.787. The van der Waals surface area contributed by atoms with Gasteiger partial charge in [0.05, 0.1) is 6.04 Å². The lowest BCUT2D eigenvalue weighted by molar-refractivity contribution is -0.117. The Labute approximate surface area is 93.3 Å². The first kappa shape index (κ1) is 11.0. The molecule has 1 aromatic heterocycles. The van der Waals surface area contributed by atoms with Crippen LogP contribution < -0.4 is 10.6 Å². The third-order valence-electron chi connectivity index (χ3n) is 2.67. The second-order valence-electron chi connectivity index (χ2n) is 3.97. The summed E-state index contributed by atoms with van der Waals surface area (Å²) in [6.07, 6.45) is 2.61. The highest BCUT2D eigenvalue weighted by molar-refractivity contribution is 5.95. The number of hydrogen-bond acceptors (Lipinski definition) is 3. The molecule has 2 N–H and O–H groups in total. The molecule has 1 fully saturated rings. The van der Waals surface area contributed by atoms with Crippen molar-refractivity contribution in [3.63, 3.8) is 0 Å². The number of pyridine rings is 1. The van der Waals surface area contributed by atoms with Gasteiger partial charge in [-0.25, -0.2) is 4.39 Å². The van der Waals surface area contributed by atoms with Crippen LogP contribution in [0.25, 0.3) is 0 Å². The first-order valence-corrected chi connectivity index (χ1v) is 5.26. The van der Waals surface area contributed by atoms with E-state index >= 15 is 0 Å². The van der Waals surface area contributed by atoms with Crippen molar-refractivity contribution >= 4 is 11.6 Å². The minimum Gasteiger partial charge on any atom is -0.324 e. The van der Waals surface area contributed by atoms with Gasteiger partial charge in [-0.1, -0.05) is 0 Å². The normalized spacial score (nSPS) is 24.4. The molecule has 0 saturated carbocycles. The van der Waals surface area contributed by atoms with E-state index in [0.29, 0.717) is 0 Å². The molecule has 1 aromatic rings. The number of carbonyl (C=O) groups is 1. The highest BCUT2D eigenvalue weighted by Crippen LogP contribution is 2.15. The first-order valence-electron chi connectivity index (χ1n) is 5.26. The van der Waals surface area contributed by atoms with Gasteiger partial charge in [0.2, 0.25) is 5.91 Å². The van der Waals surface area contributed by atoms with E-state index in [0.717, 1.165) is 11.3 Å². The fraction of sp³-hybridized carbons (Fsp3) is 0.455. The molecule has 0 bridgehead atoms. The van der Waals surface area contributed by atoms with Crippen LogP contribution in [0.4, 0.5) is 10.1 Å². The molecule has 4 nitrogen and oxygen atoms in total. The summed E-state index contributed by atoms with van der Waals surface area (Å²) < 4.78 is 12.9. The van der Waals surface area contributed by atoms with Gasteiger partial charge in [0, 0.05) is 31.0 Å². The number of carbonyl (C=O) groups excluding carboxylic acids is 1. The van der Waals surface area contributed by atoms with E-state index in [2.05, 4.69) is 15.6 Å². The number of amides is 1. The van der Waals surface area contributed by atoms with Gasteiger partial charge in [0.1, 0.15) is 6.17 Å². The zero-order valence-electron chi connectivity index (χ0n) is 9.03. The Balaban J connectivity index is 2.00. The number of aryl methyl sites for hydroxylation is 1. The molecule has 0 unspecified atom stereocenters. The molecule has 2 rings (SSSR count). The van der Waals surface area contributed by atoms with Crippen molar-refractivity contribution in [3.05, 3.63) is 24.0 Å². The average molecular weight is 223 g/mol. The molecule has 1 saturated heterocycles. The molecule has 0 spiro atoms. The Morgan fingerprint density at radius 3 is 3.12 bits per heavy atom. The molecule has 1 amide bonds. The van der Waals surface area contributed by atoms with E-state index in [9.17, 15) is 9.18 Å². The smallest absolute Gasteiger partial charge is 0.241 e. The standard InChI is InChI=1S/C11H14FN3O/c1-7-5-13-3-2-9(7)15-11(16)10-4-8(12)6-14-10/h2-3,5,8,10,14H,4,6H2,1H3,(H,13,15,16)/t8-,10+/m0/s1. The Hall–Kier alpha value is -1.49. The number of anilines is 1. The number of nitrogens with zero attached hydrogens (tertiary/aromatic N) is 1. The lowest BCUT2D eigenvalue weighted by Gasteiger charge is -2.12. The maximum atomic E-state index is 12.9. The van der Waals surface area contributed by atoms with Crippen molar-refractivity contribution in [2.24, 2.45) is 0 Å². The number of nitrogens with one attached hydrogen (secondary N) is 2. The van der Waals surface area contributed by atoms with E-state index in [4.69, 9.17) is 0 Å². The van der Waals surface area contributed by atoms with Gasteiger partial charge in [-0.05, 0) is 18.6 Å². The molecular formula is C11H14FN3O. The van der Waals surface area contributed by atoms with Crippen molar-refractivity contribution in [2.45, 2.75) is 25.6 Å². The maximum Gasteiger partial charge on any atom is 0.241 e. The summed E-state index contributed by atoms with van der Waals surface area (Å²) in [5.74, 6) is -0.186. The molecule has 2 atom stereocenters. The largest absolute Gasteiger partial charge is 0.324 e. The van der Waals surface area contributed by atoms with Crippen molar-refractivity contribution < 1.29 is 9.18 Å². The molecular weight excluding hydrogens is 209 g/mol. The molecule has 2 heterocycles. The maximum absolute atomic E-state index is 12.9. The molecule has 0 aliphatic carbocycles. The SMILES string of the molecule is Cc1cnccc1NC(=O)[C@H]1C[C@H](F)CN1. The minimum atomic E-state index is -0.922. The molecule has 1 aliphatic rings. The molecule has 16 heavy (non-hydrogen) atoms. The van der Waals surface area contributed by atoms with Gasteiger partial charge >= 0.3 is 0 Å². The van der Waals surface area contributed by atoms with Crippen LogP contribution in [-0.2, 0) is 4.79 Å². The minimum absolute atomic E-state index is 0.186.